The predicted molar refractivity (Wildman–Crippen MR) is 89.4 cm³/mol. The molecule has 0 amide bonds. The third-order valence-electron chi connectivity index (χ3n) is 2.45. The third kappa shape index (κ3) is 2.85. The van der Waals surface area contributed by atoms with Gasteiger partial charge in [0.25, 0.3) is 0 Å². The predicted octanol–water partition coefficient (Wildman–Crippen LogP) is 4.74. The summed E-state index contributed by atoms with van der Waals surface area (Å²) in [5.41, 5.74) is 1.09. The second kappa shape index (κ2) is 5.83. The van der Waals surface area contributed by atoms with Gasteiger partial charge in [0.05, 0.1) is 17.9 Å². The highest BCUT2D eigenvalue weighted by Crippen LogP contribution is 2.32. The Kier molecular flexibility index (Phi) is 4.60. The summed E-state index contributed by atoms with van der Waals surface area (Å²) in [4.78, 5) is 10.4. The summed E-state index contributed by atoms with van der Waals surface area (Å²) in [6, 6.07) is 4.07. The fourth-order valence-corrected chi connectivity index (χ4v) is 4.01. The fourth-order valence-electron chi connectivity index (χ4n) is 1.56. The Bertz CT molecular complexity index is 568. The Labute approximate surface area is 133 Å². The largest absolute Gasteiger partial charge is 0.372 e. The number of halogens is 2. The van der Waals surface area contributed by atoms with E-state index in [-0.39, 0.29) is 0 Å². The highest BCUT2D eigenvalue weighted by Gasteiger charge is 2.15. The summed E-state index contributed by atoms with van der Waals surface area (Å²) < 4.78 is 2.20. The third-order valence-corrected chi connectivity index (χ3v) is 5.14. The van der Waals surface area contributed by atoms with Crippen LogP contribution in [0.4, 0.5) is 5.82 Å². The van der Waals surface area contributed by atoms with Crippen LogP contribution in [0.1, 0.15) is 25.5 Å². The maximum Gasteiger partial charge on any atom is 0.171 e. The lowest BCUT2D eigenvalue weighted by atomic mass is 10.1. The summed E-state index contributed by atoms with van der Waals surface area (Å²) in [6.07, 6.45) is 0. The fraction of sp³-hybridized carbons (Fsp3) is 0.333. The van der Waals surface area contributed by atoms with Crippen molar-refractivity contribution in [1.82, 2.24) is 9.97 Å². The van der Waals surface area contributed by atoms with Crippen molar-refractivity contribution in [1.29, 1.82) is 0 Å². The van der Waals surface area contributed by atoms with E-state index in [0.29, 0.717) is 5.92 Å². The summed E-state index contributed by atoms with van der Waals surface area (Å²) >= 11 is 7.42. The first-order valence-corrected chi connectivity index (χ1v) is 8.22. The van der Waals surface area contributed by atoms with Gasteiger partial charge in [-0.2, -0.15) is 0 Å². The summed E-state index contributed by atoms with van der Waals surface area (Å²) in [6.45, 7) is 4.30. The minimum absolute atomic E-state index is 0.383. The van der Waals surface area contributed by atoms with Crippen LogP contribution in [-0.4, -0.2) is 17.0 Å². The SMILES string of the molecule is CNc1nc(-c2ccc(Br)s2)nc(C(C)C)c1I. The molecule has 0 saturated heterocycles. The zero-order valence-corrected chi connectivity index (χ0v) is 14.9. The van der Waals surface area contributed by atoms with Crippen molar-refractivity contribution in [3.05, 3.63) is 25.2 Å². The van der Waals surface area contributed by atoms with Crippen molar-refractivity contribution in [2.24, 2.45) is 0 Å². The Hall–Kier alpha value is -0.210. The van der Waals surface area contributed by atoms with Crippen LogP contribution in [-0.2, 0) is 0 Å². The van der Waals surface area contributed by atoms with Gasteiger partial charge >= 0.3 is 0 Å². The summed E-state index contributed by atoms with van der Waals surface area (Å²) in [7, 11) is 1.89. The highest BCUT2D eigenvalue weighted by molar-refractivity contribution is 14.1. The smallest absolute Gasteiger partial charge is 0.171 e. The normalized spacial score (nSPS) is 11.0. The monoisotopic (exact) mass is 437 g/mol. The van der Waals surface area contributed by atoms with Gasteiger partial charge in [-0.15, -0.1) is 11.3 Å². The van der Waals surface area contributed by atoms with Crippen LogP contribution in [0.5, 0.6) is 0 Å². The number of nitrogens with zero attached hydrogens (tertiary/aromatic N) is 2. The highest BCUT2D eigenvalue weighted by atomic mass is 127. The van der Waals surface area contributed by atoms with Crippen molar-refractivity contribution < 1.29 is 0 Å². The molecule has 3 nitrogen and oxygen atoms in total. The first-order chi connectivity index (χ1) is 8.52. The van der Waals surface area contributed by atoms with Crippen molar-refractivity contribution in [2.45, 2.75) is 19.8 Å². The average molecular weight is 438 g/mol. The Morgan fingerprint density at radius 2 is 2.06 bits per heavy atom. The molecular formula is C12H13BrIN3S. The zero-order chi connectivity index (χ0) is 13.3. The molecule has 0 aromatic carbocycles. The zero-order valence-electron chi connectivity index (χ0n) is 10.3. The maximum atomic E-state index is 4.69. The summed E-state index contributed by atoms with van der Waals surface area (Å²) in [5.74, 6) is 2.07. The van der Waals surface area contributed by atoms with Gasteiger partial charge in [0.1, 0.15) is 5.82 Å². The van der Waals surface area contributed by atoms with E-state index >= 15 is 0 Å². The molecule has 2 aromatic heterocycles. The molecule has 0 bridgehead atoms. The molecular weight excluding hydrogens is 425 g/mol. The minimum atomic E-state index is 0.383. The number of thiophene rings is 1. The average Bonchev–Trinajstić information content (AvgIpc) is 2.76. The Balaban J connectivity index is 2.58. The molecule has 0 saturated carbocycles. The number of hydrogen-bond donors (Lipinski definition) is 1. The van der Waals surface area contributed by atoms with Gasteiger partial charge in [-0.25, -0.2) is 9.97 Å². The molecule has 0 fully saturated rings. The quantitative estimate of drug-likeness (QED) is 0.705. The number of anilines is 1. The molecule has 0 aliphatic heterocycles. The molecule has 0 radical (unpaired) electrons. The second-order valence-corrected chi connectivity index (χ2v) is 7.65. The molecule has 0 aliphatic rings. The van der Waals surface area contributed by atoms with Crippen LogP contribution in [0.3, 0.4) is 0 Å². The molecule has 2 rings (SSSR count). The van der Waals surface area contributed by atoms with Crippen molar-refractivity contribution in [2.75, 3.05) is 12.4 Å². The van der Waals surface area contributed by atoms with Gasteiger partial charge in [0.2, 0.25) is 0 Å². The van der Waals surface area contributed by atoms with Crippen LogP contribution in [0.2, 0.25) is 0 Å². The second-order valence-electron chi connectivity index (χ2n) is 4.10. The molecule has 6 heteroatoms. The molecule has 2 aromatic rings. The topological polar surface area (TPSA) is 37.8 Å². The van der Waals surface area contributed by atoms with E-state index in [1.807, 2.05) is 19.2 Å². The van der Waals surface area contributed by atoms with E-state index in [1.165, 1.54) is 0 Å². The first kappa shape index (κ1) is 14.2. The number of hydrogen-bond acceptors (Lipinski definition) is 4. The van der Waals surface area contributed by atoms with Crippen molar-refractivity contribution in [3.8, 4) is 10.7 Å². The van der Waals surface area contributed by atoms with E-state index in [2.05, 4.69) is 62.7 Å². The molecule has 0 spiro atoms. The molecule has 18 heavy (non-hydrogen) atoms. The number of rotatable bonds is 3. The molecule has 1 N–H and O–H groups in total. The standard InChI is InChI=1S/C12H13BrIN3S/c1-6(2)10-9(14)12(15-3)17-11(16-10)7-4-5-8(13)18-7/h4-6H,1-3H3,(H,15,16,17). The van der Waals surface area contributed by atoms with Gasteiger partial charge < -0.3 is 5.32 Å². The van der Waals surface area contributed by atoms with Gasteiger partial charge in [0.15, 0.2) is 5.82 Å². The summed E-state index contributed by atoms with van der Waals surface area (Å²) in [5, 5.41) is 3.14. The molecule has 0 atom stereocenters. The van der Waals surface area contributed by atoms with E-state index in [9.17, 15) is 0 Å². The van der Waals surface area contributed by atoms with E-state index < -0.39 is 0 Å². The molecule has 96 valence electrons. The van der Waals surface area contributed by atoms with Crippen LogP contribution < -0.4 is 5.32 Å². The van der Waals surface area contributed by atoms with Crippen LogP contribution in [0.25, 0.3) is 10.7 Å². The van der Waals surface area contributed by atoms with Crippen LogP contribution in [0, 0.1) is 3.57 Å². The van der Waals surface area contributed by atoms with Crippen LogP contribution in [0.15, 0.2) is 15.9 Å². The van der Waals surface area contributed by atoms with Crippen molar-refractivity contribution >= 4 is 55.7 Å². The molecule has 0 unspecified atom stereocenters. The number of nitrogens with one attached hydrogen (secondary N) is 1. The first-order valence-electron chi connectivity index (χ1n) is 5.53. The molecule has 0 aliphatic carbocycles. The lowest BCUT2D eigenvalue weighted by Gasteiger charge is -2.12. The molecule has 2 heterocycles. The lowest BCUT2D eigenvalue weighted by molar-refractivity contribution is 0.810. The number of aromatic nitrogens is 2. The van der Waals surface area contributed by atoms with Gasteiger partial charge in [-0.05, 0) is 56.6 Å². The van der Waals surface area contributed by atoms with Gasteiger partial charge in [-0.1, -0.05) is 13.8 Å². The van der Waals surface area contributed by atoms with Gasteiger partial charge in [0, 0.05) is 7.05 Å². The maximum absolute atomic E-state index is 4.69. The van der Waals surface area contributed by atoms with E-state index in [1.54, 1.807) is 11.3 Å². The van der Waals surface area contributed by atoms with Gasteiger partial charge in [-0.3, -0.25) is 0 Å². The minimum Gasteiger partial charge on any atom is -0.372 e. The Morgan fingerprint density at radius 3 is 2.56 bits per heavy atom. The Morgan fingerprint density at radius 1 is 1.33 bits per heavy atom. The van der Waals surface area contributed by atoms with E-state index in [0.717, 1.165) is 29.6 Å². The van der Waals surface area contributed by atoms with E-state index in [4.69, 9.17) is 4.98 Å². The van der Waals surface area contributed by atoms with Crippen LogP contribution >= 0.6 is 49.9 Å². The lowest BCUT2D eigenvalue weighted by Crippen LogP contribution is -2.06. The van der Waals surface area contributed by atoms with Crippen molar-refractivity contribution in [3.63, 3.8) is 0 Å².